The highest BCUT2D eigenvalue weighted by molar-refractivity contribution is 7.12. The van der Waals surface area contributed by atoms with E-state index in [0.29, 0.717) is 22.7 Å². The quantitative estimate of drug-likeness (QED) is 0.637. The maximum atomic E-state index is 12.7. The van der Waals surface area contributed by atoms with E-state index in [4.69, 9.17) is 0 Å². The standard InChI is InChI=1S/C22H23N3O2S/c1-25(2)15-19(16-7-4-3-5-8-16)24-21(26)17-10-12-18(13-11-17)23-22(27)20-9-6-14-28-20/h3-14,19H,15H2,1-2H3,(H,23,27)(H,24,26)/t19-/m1/s1. The molecule has 0 radical (unpaired) electrons. The Kier molecular flexibility index (Phi) is 6.57. The van der Waals surface area contributed by atoms with Crippen LogP contribution in [0.3, 0.4) is 0 Å². The second-order valence-corrected chi connectivity index (χ2v) is 7.66. The van der Waals surface area contributed by atoms with Gasteiger partial charge in [-0.1, -0.05) is 36.4 Å². The van der Waals surface area contributed by atoms with Gasteiger partial charge < -0.3 is 15.5 Å². The molecular formula is C22H23N3O2S. The first-order chi connectivity index (χ1) is 13.5. The molecule has 0 aliphatic carbocycles. The first-order valence-electron chi connectivity index (χ1n) is 8.98. The molecule has 144 valence electrons. The van der Waals surface area contributed by atoms with Gasteiger partial charge in [-0.25, -0.2) is 0 Å². The third kappa shape index (κ3) is 5.28. The largest absolute Gasteiger partial charge is 0.344 e. The van der Waals surface area contributed by atoms with E-state index in [1.807, 2.05) is 60.8 Å². The van der Waals surface area contributed by atoms with Gasteiger partial charge in [-0.3, -0.25) is 9.59 Å². The number of rotatable bonds is 7. The molecule has 6 heteroatoms. The van der Waals surface area contributed by atoms with E-state index in [0.717, 1.165) is 5.56 Å². The van der Waals surface area contributed by atoms with E-state index in [1.54, 1.807) is 30.3 Å². The molecule has 0 bridgehead atoms. The zero-order chi connectivity index (χ0) is 19.9. The molecule has 3 aromatic rings. The molecule has 5 nitrogen and oxygen atoms in total. The van der Waals surface area contributed by atoms with Gasteiger partial charge in [-0.2, -0.15) is 0 Å². The molecule has 0 saturated carbocycles. The lowest BCUT2D eigenvalue weighted by atomic mass is 10.1. The van der Waals surface area contributed by atoms with Crippen LogP contribution in [0.15, 0.2) is 72.1 Å². The Morgan fingerprint density at radius 3 is 2.25 bits per heavy atom. The van der Waals surface area contributed by atoms with Crippen LogP contribution in [0.4, 0.5) is 5.69 Å². The summed E-state index contributed by atoms with van der Waals surface area (Å²) in [6.07, 6.45) is 0. The molecule has 2 amide bonds. The van der Waals surface area contributed by atoms with Crippen molar-refractivity contribution < 1.29 is 9.59 Å². The van der Waals surface area contributed by atoms with Crippen molar-refractivity contribution in [2.75, 3.05) is 26.0 Å². The Bertz CT molecular complexity index is 907. The summed E-state index contributed by atoms with van der Waals surface area (Å²) in [5.41, 5.74) is 2.26. The highest BCUT2D eigenvalue weighted by Gasteiger charge is 2.16. The van der Waals surface area contributed by atoms with Gasteiger partial charge in [0, 0.05) is 17.8 Å². The SMILES string of the molecule is CN(C)C[C@@H](NC(=O)c1ccc(NC(=O)c2cccs2)cc1)c1ccccc1. The van der Waals surface area contributed by atoms with Gasteiger partial charge >= 0.3 is 0 Å². The summed E-state index contributed by atoms with van der Waals surface area (Å²) in [7, 11) is 3.96. The third-order valence-corrected chi connectivity index (χ3v) is 5.07. The number of nitrogens with one attached hydrogen (secondary N) is 2. The fourth-order valence-electron chi connectivity index (χ4n) is 2.83. The molecule has 1 heterocycles. The summed E-state index contributed by atoms with van der Waals surface area (Å²) >= 11 is 1.39. The molecule has 28 heavy (non-hydrogen) atoms. The molecule has 2 N–H and O–H groups in total. The molecule has 0 spiro atoms. The van der Waals surface area contributed by atoms with Crippen molar-refractivity contribution in [2.24, 2.45) is 0 Å². The summed E-state index contributed by atoms with van der Waals surface area (Å²) in [6, 6.07) is 20.3. The summed E-state index contributed by atoms with van der Waals surface area (Å²) in [5, 5.41) is 7.79. The van der Waals surface area contributed by atoms with Crippen LogP contribution in [0.2, 0.25) is 0 Å². The zero-order valence-corrected chi connectivity index (χ0v) is 16.7. The van der Waals surface area contributed by atoms with Crippen LogP contribution < -0.4 is 10.6 Å². The van der Waals surface area contributed by atoms with E-state index >= 15 is 0 Å². The molecule has 0 fully saturated rings. The van der Waals surface area contributed by atoms with Gasteiger partial charge in [0.05, 0.1) is 10.9 Å². The number of hydrogen-bond donors (Lipinski definition) is 2. The fraction of sp³-hybridized carbons (Fsp3) is 0.182. The van der Waals surface area contributed by atoms with Gasteiger partial charge in [0.15, 0.2) is 0 Å². The number of carbonyl (C=O) groups is 2. The molecule has 0 unspecified atom stereocenters. The maximum absolute atomic E-state index is 12.7. The van der Waals surface area contributed by atoms with Crippen molar-refractivity contribution in [1.29, 1.82) is 0 Å². The summed E-state index contributed by atoms with van der Waals surface area (Å²) < 4.78 is 0. The number of benzene rings is 2. The van der Waals surface area contributed by atoms with Crippen LogP contribution in [-0.4, -0.2) is 37.4 Å². The Labute approximate surface area is 169 Å². The van der Waals surface area contributed by atoms with Crippen LogP contribution in [0, 0.1) is 0 Å². The van der Waals surface area contributed by atoms with Crippen molar-refractivity contribution >= 4 is 28.8 Å². The number of likely N-dealkylation sites (N-methyl/N-ethyl adjacent to an activating group) is 1. The second-order valence-electron chi connectivity index (χ2n) is 6.71. The summed E-state index contributed by atoms with van der Waals surface area (Å²) in [4.78, 5) is 27.5. The van der Waals surface area contributed by atoms with E-state index < -0.39 is 0 Å². The van der Waals surface area contributed by atoms with Crippen molar-refractivity contribution in [2.45, 2.75) is 6.04 Å². The Balaban J connectivity index is 1.66. The average molecular weight is 394 g/mol. The molecule has 0 aliphatic heterocycles. The lowest BCUT2D eigenvalue weighted by molar-refractivity contribution is 0.0929. The van der Waals surface area contributed by atoms with Crippen molar-refractivity contribution in [3.8, 4) is 0 Å². The van der Waals surface area contributed by atoms with Crippen molar-refractivity contribution in [3.05, 3.63) is 88.1 Å². The molecule has 0 aliphatic rings. The minimum atomic E-state index is -0.151. The maximum Gasteiger partial charge on any atom is 0.265 e. The second kappa shape index (κ2) is 9.30. The summed E-state index contributed by atoms with van der Waals surface area (Å²) in [5.74, 6) is -0.297. The fourth-order valence-corrected chi connectivity index (χ4v) is 3.45. The Hall–Kier alpha value is -2.96. The normalized spacial score (nSPS) is 11.8. The predicted octanol–water partition coefficient (Wildman–Crippen LogP) is 4.03. The third-order valence-electron chi connectivity index (χ3n) is 4.20. The van der Waals surface area contributed by atoms with Gasteiger partial charge in [0.1, 0.15) is 0 Å². The number of amides is 2. The first kappa shape index (κ1) is 19.8. The first-order valence-corrected chi connectivity index (χ1v) is 9.86. The van der Waals surface area contributed by atoms with E-state index in [9.17, 15) is 9.59 Å². The molecular weight excluding hydrogens is 370 g/mol. The van der Waals surface area contributed by atoms with Crippen LogP contribution >= 0.6 is 11.3 Å². The van der Waals surface area contributed by atoms with Gasteiger partial charge in [-0.15, -0.1) is 11.3 Å². The van der Waals surface area contributed by atoms with Gasteiger partial charge in [-0.05, 0) is 55.4 Å². The number of nitrogens with zero attached hydrogens (tertiary/aromatic N) is 1. The zero-order valence-electron chi connectivity index (χ0n) is 15.9. The number of carbonyl (C=O) groups excluding carboxylic acids is 2. The van der Waals surface area contributed by atoms with E-state index in [1.165, 1.54) is 11.3 Å². The van der Waals surface area contributed by atoms with Crippen LogP contribution in [0.5, 0.6) is 0 Å². The molecule has 1 aromatic heterocycles. The highest BCUT2D eigenvalue weighted by Crippen LogP contribution is 2.17. The topological polar surface area (TPSA) is 61.4 Å². The number of hydrogen-bond acceptors (Lipinski definition) is 4. The molecule has 1 atom stereocenters. The summed E-state index contributed by atoms with van der Waals surface area (Å²) in [6.45, 7) is 0.699. The van der Waals surface area contributed by atoms with Crippen molar-refractivity contribution in [1.82, 2.24) is 10.2 Å². The predicted molar refractivity (Wildman–Crippen MR) is 114 cm³/mol. The van der Waals surface area contributed by atoms with Crippen LogP contribution in [0.25, 0.3) is 0 Å². The Morgan fingerprint density at radius 1 is 0.929 bits per heavy atom. The van der Waals surface area contributed by atoms with Crippen molar-refractivity contribution in [3.63, 3.8) is 0 Å². The minimum Gasteiger partial charge on any atom is -0.344 e. The van der Waals surface area contributed by atoms with E-state index in [2.05, 4.69) is 10.6 Å². The number of thiophene rings is 1. The van der Waals surface area contributed by atoms with Crippen LogP contribution in [0.1, 0.15) is 31.6 Å². The number of anilines is 1. The van der Waals surface area contributed by atoms with Gasteiger partial charge in [0.2, 0.25) is 0 Å². The molecule has 0 saturated heterocycles. The molecule has 2 aromatic carbocycles. The lowest BCUT2D eigenvalue weighted by Gasteiger charge is -2.23. The Morgan fingerprint density at radius 2 is 1.64 bits per heavy atom. The smallest absolute Gasteiger partial charge is 0.265 e. The highest BCUT2D eigenvalue weighted by atomic mass is 32.1. The van der Waals surface area contributed by atoms with E-state index in [-0.39, 0.29) is 17.9 Å². The monoisotopic (exact) mass is 393 g/mol. The minimum absolute atomic E-state index is 0.109. The molecule has 3 rings (SSSR count). The average Bonchev–Trinajstić information content (AvgIpc) is 3.23. The van der Waals surface area contributed by atoms with Crippen LogP contribution in [-0.2, 0) is 0 Å². The van der Waals surface area contributed by atoms with Gasteiger partial charge in [0.25, 0.3) is 11.8 Å². The lowest BCUT2D eigenvalue weighted by Crippen LogP contribution is -2.35.